The molecule has 9 heteroatoms. The third-order valence-corrected chi connectivity index (χ3v) is 7.72. The molecule has 1 amide bonds. The Hall–Kier alpha value is -2.50. The average Bonchev–Trinajstić information content (AvgIpc) is 2.76. The molecule has 6 nitrogen and oxygen atoms in total. The van der Waals surface area contributed by atoms with Crippen LogP contribution in [-0.4, -0.2) is 26.5 Å². The van der Waals surface area contributed by atoms with Gasteiger partial charge in [-0.3, -0.25) is 14.4 Å². The van der Waals surface area contributed by atoms with Crippen molar-refractivity contribution in [3.05, 3.63) is 87.5 Å². The van der Waals surface area contributed by atoms with Crippen LogP contribution < -0.4 is 14.9 Å². The van der Waals surface area contributed by atoms with Crippen LogP contribution in [0.1, 0.15) is 15.9 Å². The zero-order chi connectivity index (χ0) is 22.6. The van der Waals surface area contributed by atoms with Gasteiger partial charge in [-0.15, -0.1) is 0 Å². The van der Waals surface area contributed by atoms with Crippen molar-refractivity contribution in [2.45, 2.75) is 11.8 Å². The van der Waals surface area contributed by atoms with E-state index in [0.717, 1.165) is 9.13 Å². The van der Waals surface area contributed by atoms with Gasteiger partial charge >= 0.3 is 0 Å². The number of benzene rings is 3. The first-order chi connectivity index (χ1) is 14.7. The van der Waals surface area contributed by atoms with Crippen molar-refractivity contribution in [3.63, 3.8) is 0 Å². The van der Waals surface area contributed by atoms with Crippen molar-refractivity contribution in [2.75, 3.05) is 16.7 Å². The Bertz CT molecular complexity index is 1210. The molecule has 31 heavy (non-hydrogen) atoms. The second kappa shape index (κ2) is 9.75. The van der Waals surface area contributed by atoms with Gasteiger partial charge in [-0.2, -0.15) is 0 Å². The minimum atomic E-state index is -3.70. The number of carbonyl (C=O) groups is 1. The molecule has 0 saturated carbocycles. The summed E-state index contributed by atoms with van der Waals surface area (Å²) in [5, 5.41) is 5.65. The monoisotopic (exact) mass is 565 g/mol. The molecule has 0 heterocycles. The standard InChI is InChI=1S/C22H20IN3O3S2/c1-15-8-9-16(14-20(15)23)21(27)25-22(30)24-17-10-12-19(13-11-17)31(28,29)26(2)18-6-4-3-5-7-18/h3-14H,1-2H3,(H2,24,25,27,30). The Labute approximate surface area is 200 Å². The fourth-order valence-corrected chi connectivity index (χ4v) is 4.64. The molecular formula is C22H20IN3O3S2. The summed E-state index contributed by atoms with van der Waals surface area (Å²) in [6, 6.07) is 20.4. The third kappa shape index (κ3) is 5.60. The van der Waals surface area contributed by atoms with Gasteiger partial charge in [0.15, 0.2) is 5.11 Å². The lowest BCUT2D eigenvalue weighted by molar-refractivity contribution is 0.0977. The highest BCUT2D eigenvalue weighted by Crippen LogP contribution is 2.23. The summed E-state index contributed by atoms with van der Waals surface area (Å²) in [5.41, 5.74) is 2.72. The lowest BCUT2D eigenvalue weighted by Gasteiger charge is -2.19. The fraction of sp³-hybridized carbons (Fsp3) is 0.0909. The van der Waals surface area contributed by atoms with Gasteiger partial charge < -0.3 is 5.32 Å². The van der Waals surface area contributed by atoms with Gasteiger partial charge in [-0.25, -0.2) is 8.42 Å². The second-order valence-corrected chi connectivity index (χ2v) is 10.2. The molecule has 0 aromatic heterocycles. The van der Waals surface area contributed by atoms with Gasteiger partial charge in [-0.05, 0) is 95.8 Å². The number of sulfonamides is 1. The van der Waals surface area contributed by atoms with Gasteiger partial charge in [0.1, 0.15) is 0 Å². The molecule has 0 bridgehead atoms. The van der Waals surface area contributed by atoms with E-state index in [9.17, 15) is 13.2 Å². The number of carbonyl (C=O) groups excluding carboxylic acids is 1. The normalized spacial score (nSPS) is 10.9. The van der Waals surface area contributed by atoms with Gasteiger partial charge in [0.25, 0.3) is 15.9 Å². The number of aryl methyl sites for hydroxylation is 1. The van der Waals surface area contributed by atoms with Crippen LogP contribution in [0.3, 0.4) is 0 Å². The Morgan fingerprint density at radius 3 is 2.26 bits per heavy atom. The number of hydrogen-bond acceptors (Lipinski definition) is 4. The number of thiocarbonyl (C=S) groups is 1. The van der Waals surface area contributed by atoms with Crippen molar-refractivity contribution in [2.24, 2.45) is 0 Å². The van der Waals surface area contributed by atoms with Gasteiger partial charge in [-0.1, -0.05) is 24.3 Å². The minimum Gasteiger partial charge on any atom is -0.332 e. The van der Waals surface area contributed by atoms with E-state index in [1.807, 2.05) is 19.1 Å². The molecule has 0 aliphatic heterocycles. The number of nitrogens with zero attached hydrogens (tertiary/aromatic N) is 1. The van der Waals surface area contributed by atoms with E-state index < -0.39 is 10.0 Å². The van der Waals surface area contributed by atoms with Gasteiger partial charge in [0.05, 0.1) is 10.6 Å². The molecule has 0 atom stereocenters. The van der Waals surface area contributed by atoms with E-state index >= 15 is 0 Å². The van der Waals surface area contributed by atoms with E-state index in [4.69, 9.17) is 12.2 Å². The Morgan fingerprint density at radius 1 is 1.00 bits per heavy atom. The molecule has 0 spiro atoms. The zero-order valence-electron chi connectivity index (χ0n) is 16.8. The number of halogens is 1. The maximum Gasteiger partial charge on any atom is 0.264 e. The van der Waals surface area contributed by atoms with E-state index in [1.165, 1.54) is 23.5 Å². The lowest BCUT2D eigenvalue weighted by atomic mass is 10.1. The second-order valence-electron chi connectivity index (χ2n) is 6.70. The maximum absolute atomic E-state index is 12.8. The highest BCUT2D eigenvalue weighted by molar-refractivity contribution is 14.1. The SMILES string of the molecule is Cc1ccc(C(=O)NC(=S)Nc2ccc(S(=O)(=O)N(C)c3ccccc3)cc2)cc1I. The lowest BCUT2D eigenvalue weighted by Crippen LogP contribution is -2.34. The predicted octanol–water partition coefficient (Wildman–Crippen LogP) is 4.55. The van der Waals surface area contributed by atoms with Crippen LogP contribution in [0.2, 0.25) is 0 Å². The molecular weight excluding hydrogens is 545 g/mol. The largest absolute Gasteiger partial charge is 0.332 e. The van der Waals surface area contributed by atoms with Crippen molar-refractivity contribution >= 4 is 67.2 Å². The van der Waals surface area contributed by atoms with E-state index in [2.05, 4.69) is 33.2 Å². The Kier molecular flexibility index (Phi) is 7.29. The molecule has 3 rings (SSSR count). The summed E-state index contributed by atoms with van der Waals surface area (Å²) in [4.78, 5) is 12.5. The van der Waals surface area contributed by atoms with Crippen molar-refractivity contribution in [1.29, 1.82) is 0 Å². The van der Waals surface area contributed by atoms with Gasteiger partial charge in [0, 0.05) is 21.9 Å². The average molecular weight is 565 g/mol. The van der Waals surface area contributed by atoms with E-state index in [1.54, 1.807) is 48.5 Å². The van der Waals surface area contributed by atoms with Crippen LogP contribution in [0, 0.1) is 10.5 Å². The van der Waals surface area contributed by atoms with Crippen LogP contribution in [0.25, 0.3) is 0 Å². The first kappa shape index (κ1) is 23.2. The first-order valence-corrected chi connectivity index (χ1v) is 12.1. The van der Waals surface area contributed by atoms with Crippen molar-refractivity contribution in [3.8, 4) is 0 Å². The van der Waals surface area contributed by atoms with Crippen molar-refractivity contribution in [1.82, 2.24) is 5.32 Å². The number of nitrogens with one attached hydrogen (secondary N) is 2. The van der Waals surface area contributed by atoms with Crippen LogP contribution in [-0.2, 0) is 10.0 Å². The Morgan fingerprint density at radius 2 is 1.65 bits per heavy atom. The van der Waals surface area contributed by atoms with Crippen LogP contribution >= 0.6 is 34.8 Å². The number of rotatable bonds is 5. The molecule has 3 aromatic carbocycles. The summed E-state index contributed by atoms with van der Waals surface area (Å²) in [6.45, 7) is 1.97. The smallest absolute Gasteiger partial charge is 0.264 e. The molecule has 0 aliphatic rings. The molecule has 0 saturated heterocycles. The molecule has 0 aliphatic carbocycles. The van der Waals surface area contributed by atoms with E-state index in [-0.39, 0.29) is 15.9 Å². The zero-order valence-corrected chi connectivity index (χ0v) is 20.6. The highest BCUT2D eigenvalue weighted by Gasteiger charge is 2.21. The summed E-state index contributed by atoms with van der Waals surface area (Å²) in [7, 11) is -2.19. The predicted molar refractivity (Wildman–Crippen MR) is 136 cm³/mol. The van der Waals surface area contributed by atoms with Crippen LogP contribution in [0.15, 0.2) is 77.7 Å². The quantitative estimate of drug-likeness (QED) is 0.351. The summed E-state index contributed by atoms with van der Waals surface area (Å²) in [5.74, 6) is -0.320. The molecule has 0 radical (unpaired) electrons. The van der Waals surface area contributed by atoms with Crippen LogP contribution in [0.5, 0.6) is 0 Å². The number of amides is 1. The summed E-state index contributed by atoms with van der Waals surface area (Å²) in [6.07, 6.45) is 0. The highest BCUT2D eigenvalue weighted by atomic mass is 127. The van der Waals surface area contributed by atoms with E-state index in [0.29, 0.717) is 16.9 Å². The number of hydrogen-bond donors (Lipinski definition) is 2. The molecule has 3 aromatic rings. The number of para-hydroxylation sites is 1. The summed E-state index contributed by atoms with van der Waals surface area (Å²) >= 11 is 7.38. The first-order valence-electron chi connectivity index (χ1n) is 9.21. The Balaban J connectivity index is 1.66. The fourth-order valence-electron chi connectivity index (χ4n) is 2.72. The maximum atomic E-state index is 12.8. The molecule has 160 valence electrons. The van der Waals surface area contributed by atoms with Crippen molar-refractivity contribution < 1.29 is 13.2 Å². The molecule has 2 N–H and O–H groups in total. The molecule has 0 unspecified atom stereocenters. The topological polar surface area (TPSA) is 78.5 Å². The third-order valence-electron chi connectivity index (χ3n) is 4.55. The van der Waals surface area contributed by atoms with Gasteiger partial charge in [0.2, 0.25) is 0 Å². The minimum absolute atomic E-state index is 0.123. The number of anilines is 2. The molecule has 0 fully saturated rings. The summed E-state index contributed by atoms with van der Waals surface area (Å²) < 4.78 is 27.9. The van der Waals surface area contributed by atoms with Crippen LogP contribution in [0.4, 0.5) is 11.4 Å².